The van der Waals surface area contributed by atoms with E-state index in [4.69, 9.17) is 22.7 Å². The smallest absolute Gasteiger partial charge is 0.287 e. The van der Waals surface area contributed by atoms with E-state index in [1.807, 2.05) is 36.4 Å². The van der Waals surface area contributed by atoms with Gasteiger partial charge in [-0.25, -0.2) is 22.1 Å². The van der Waals surface area contributed by atoms with Crippen molar-refractivity contribution in [1.29, 1.82) is 0 Å². The fourth-order valence-electron chi connectivity index (χ4n) is 6.27. The Morgan fingerprint density at radius 2 is 1.03 bits per heavy atom. The molecule has 21 heteroatoms. The predicted octanol–water partition coefficient (Wildman–Crippen LogP) is 5.85. The molecular weight excluding hydrogens is 835 g/mol. The summed E-state index contributed by atoms with van der Waals surface area (Å²) < 4.78 is 82.5. The molecule has 1 heterocycles. The van der Waals surface area contributed by atoms with E-state index in [1.54, 1.807) is 48.5 Å². The van der Waals surface area contributed by atoms with Gasteiger partial charge in [-0.05, 0) is 109 Å². The number of sulfonamides is 1. The first-order chi connectivity index (χ1) is 28.9. The second-order valence-electron chi connectivity index (χ2n) is 12.6. The van der Waals surface area contributed by atoms with Crippen molar-refractivity contribution in [1.82, 2.24) is 29.9 Å². The van der Waals surface area contributed by atoms with Crippen molar-refractivity contribution in [2.45, 2.75) is 9.79 Å². The van der Waals surface area contributed by atoms with Crippen LogP contribution in [-0.2, 0) is 36.7 Å². The minimum Gasteiger partial charge on any atom is -0.496 e. The quantitative estimate of drug-likeness (QED) is 0.0591. The zero-order valence-corrected chi connectivity index (χ0v) is 35.4. The summed E-state index contributed by atoms with van der Waals surface area (Å²) in [6, 6.07) is 26.1. The average Bonchev–Trinajstić information content (AvgIpc) is 3.24. The Morgan fingerprint density at radius 3 is 1.50 bits per heavy atom. The Balaban J connectivity index is 1.29. The maximum atomic E-state index is 12.7. The Bertz CT molecular complexity index is 2920. The maximum absolute atomic E-state index is 12.7. The number of anilines is 6. The Hall–Kier alpha value is -6.20. The lowest BCUT2D eigenvalue weighted by atomic mass is 10.1. The molecule has 312 valence electrons. The number of rotatable bonds is 17. The normalized spacial score (nSPS) is 12.6. The second kappa shape index (κ2) is 18.0. The van der Waals surface area contributed by atoms with Crippen LogP contribution < -0.4 is 49.3 Å². The number of ether oxygens (including phenoxy) is 3. The number of hydrogen-bond acceptors (Lipinski definition) is 16. The van der Waals surface area contributed by atoms with Crippen molar-refractivity contribution in [2.75, 3.05) is 58.4 Å². The van der Waals surface area contributed by atoms with Gasteiger partial charge in [0, 0.05) is 52.4 Å². The SMILES string of the molecule is CNOS(=O)c1cc(OC)c2ccc(Nc3nc(Nc4ccc5c(OC)cc(OS(=O)NC)cc5c4)nc(Nc4ccc5c(OC)cc(S(=O)(=O)NC)cc5c4)n3)cc2c1. The molecule has 0 spiro atoms. The molecule has 0 amide bonds. The van der Waals surface area contributed by atoms with Gasteiger partial charge < -0.3 is 34.3 Å². The van der Waals surface area contributed by atoms with E-state index in [-0.39, 0.29) is 22.7 Å². The molecule has 2 atom stereocenters. The van der Waals surface area contributed by atoms with Gasteiger partial charge in [0.2, 0.25) is 38.9 Å². The summed E-state index contributed by atoms with van der Waals surface area (Å²) >= 11 is -3.57. The lowest BCUT2D eigenvalue weighted by Gasteiger charge is -2.14. The molecule has 0 fully saturated rings. The van der Waals surface area contributed by atoms with Gasteiger partial charge in [-0.2, -0.15) is 28.9 Å². The van der Waals surface area contributed by atoms with Crippen molar-refractivity contribution in [3.63, 3.8) is 0 Å². The molecule has 7 aromatic rings. The Morgan fingerprint density at radius 1 is 0.567 bits per heavy atom. The van der Waals surface area contributed by atoms with Gasteiger partial charge >= 0.3 is 0 Å². The minimum absolute atomic E-state index is 0.0348. The van der Waals surface area contributed by atoms with E-state index >= 15 is 0 Å². The van der Waals surface area contributed by atoms with E-state index in [9.17, 15) is 16.8 Å². The topological polar surface area (TPSA) is 225 Å². The summed E-state index contributed by atoms with van der Waals surface area (Å²) in [5, 5.41) is 14.0. The molecular formula is C39H39N9O9S3. The van der Waals surface area contributed by atoms with Gasteiger partial charge in [-0.3, -0.25) is 0 Å². The molecule has 1 aromatic heterocycles. The molecule has 0 aliphatic carbocycles. The number of nitrogens with zero attached hydrogens (tertiary/aromatic N) is 3. The largest absolute Gasteiger partial charge is 0.496 e. The standard InChI is InChI=1S/C39H39N9O9S3/c1-40-57-58(49)29-17-23-14-26(8-11-32(23)35(20-29)54-5)44-38-46-37(43-25-7-10-31-22(13-25)16-28(19-34(31)53-4)56-59(50)41-2)47-39(48-38)45-27-9-12-33-24(15-27)18-30(21-36(33)55-6)60(51,52)42-3/h7-21,40-42H,1-6H3,(H3,43,44,45,46,47,48). The van der Waals surface area contributed by atoms with E-state index in [0.29, 0.717) is 66.5 Å². The summed E-state index contributed by atoms with van der Waals surface area (Å²) in [6.07, 6.45) is 0. The molecule has 0 aliphatic rings. The van der Waals surface area contributed by atoms with Crippen LogP contribution in [0.5, 0.6) is 23.0 Å². The lowest BCUT2D eigenvalue weighted by molar-refractivity contribution is 0.252. The van der Waals surface area contributed by atoms with Crippen LogP contribution in [0.1, 0.15) is 0 Å². The first-order valence-corrected chi connectivity index (χ1v) is 21.5. The highest BCUT2D eigenvalue weighted by atomic mass is 32.2. The van der Waals surface area contributed by atoms with Crippen LogP contribution >= 0.6 is 0 Å². The van der Waals surface area contributed by atoms with Crippen LogP contribution in [0.25, 0.3) is 32.3 Å². The molecule has 2 unspecified atom stereocenters. The molecule has 7 rings (SSSR count). The van der Waals surface area contributed by atoms with E-state index in [2.05, 4.69) is 45.8 Å². The summed E-state index contributed by atoms with van der Waals surface area (Å²) in [6.45, 7) is 0. The number of fused-ring (bicyclic) bond motifs is 3. The van der Waals surface area contributed by atoms with Gasteiger partial charge in [-0.1, -0.05) is 0 Å². The van der Waals surface area contributed by atoms with E-state index in [0.717, 1.165) is 10.8 Å². The Kier molecular flexibility index (Phi) is 12.6. The third-order valence-electron chi connectivity index (χ3n) is 9.00. The fraction of sp³-hybridized carbons (Fsp3) is 0.154. The summed E-state index contributed by atoms with van der Waals surface area (Å²) in [4.78, 5) is 14.4. The average molecular weight is 874 g/mol. The van der Waals surface area contributed by atoms with Crippen molar-refractivity contribution in [3.05, 3.63) is 91.0 Å². The molecule has 0 bridgehead atoms. The van der Waals surface area contributed by atoms with Crippen molar-refractivity contribution < 1.29 is 39.5 Å². The van der Waals surface area contributed by atoms with Gasteiger partial charge in [0.15, 0.2) is 0 Å². The molecule has 0 radical (unpaired) electrons. The highest BCUT2D eigenvalue weighted by Crippen LogP contribution is 2.36. The van der Waals surface area contributed by atoms with Crippen LogP contribution in [0, 0.1) is 0 Å². The predicted molar refractivity (Wildman–Crippen MR) is 232 cm³/mol. The first kappa shape index (κ1) is 41.9. The molecule has 0 saturated heterocycles. The minimum atomic E-state index is -3.78. The number of hydrogen-bond donors (Lipinski definition) is 6. The number of hydroxylamine groups is 1. The van der Waals surface area contributed by atoms with Crippen molar-refractivity contribution >= 4 is 99.6 Å². The lowest BCUT2D eigenvalue weighted by Crippen LogP contribution is -2.18. The maximum Gasteiger partial charge on any atom is 0.287 e. The van der Waals surface area contributed by atoms with Crippen molar-refractivity contribution in [2.24, 2.45) is 0 Å². The molecule has 6 aromatic carbocycles. The van der Waals surface area contributed by atoms with Crippen LogP contribution in [-0.4, -0.2) is 74.3 Å². The van der Waals surface area contributed by atoms with Gasteiger partial charge in [0.25, 0.3) is 11.3 Å². The van der Waals surface area contributed by atoms with Crippen LogP contribution in [0.2, 0.25) is 0 Å². The third-order valence-corrected chi connectivity index (χ3v) is 12.0. The van der Waals surface area contributed by atoms with E-state index < -0.39 is 32.4 Å². The highest BCUT2D eigenvalue weighted by molar-refractivity contribution is 7.89. The van der Waals surface area contributed by atoms with Crippen LogP contribution in [0.4, 0.5) is 34.9 Å². The number of aromatic nitrogens is 3. The van der Waals surface area contributed by atoms with Gasteiger partial charge in [-0.15, -0.1) is 0 Å². The first-order valence-electron chi connectivity index (χ1n) is 17.8. The van der Waals surface area contributed by atoms with Gasteiger partial charge in [0.05, 0.1) is 31.1 Å². The molecule has 0 aliphatic heterocycles. The zero-order chi connectivity index (χ0) is 42.6. The zero-order valence-electron chi connectivity index (χ0n) is 32.9. The van der Waals surface area contributed by atoms with Crippen molar-refractivity contribution in [3.8, 4) is 23.0 Å². The molecule has 6 N–H and O–H groups in total. The summed E-state index contributed by atoms with van der Waals surface area (Å²) in [5.74, 6) is 2.17. The fourth-order valence-corrected chi connectivity index (χ4v) is 8.07. The molecule has 0 saturated carbocycles. The number of benzene rings is 6. The number of nitrogens with one attached hydrogen (secondary N) is 6. The van der Waals surface area contributed by atoms with Gasteiger partial charge in [0.1, 0.15) is 23.0 Å². The highest BCUT2D eigenvalue weighted by Gasteiger charge is 2.18. The van der Waals surface area contributed by atoms with Crippen LogP contribution in [0.3, 0.4) is 0 Å². The van der Waals surface area contributed by atoms with E-state index in [1.165, 1.54) is 48.5 Å². The summed E-state index contributed by atoms with van der Waals surface area (Å²) in [7, 11) is 5.12. The molecule has 18 nitrogen and oxygen atoms in total. The molecule has 60 heavy (non-hydrogen) atoms. The number of methoxy groups -OCH3 is 3. The van der Waals surface area contributed by atoms with Crippen LogP contribution in [0.15, 0.2) is 101 Å². The second-order valence-corrected chi connectivity index (χ2v) is 16.7. The Labute approximate surface area is 349 Å². The monoisotopic (exact) mass is 873 g/mol. The summed E-state index contributed by atoms with van der Waals surface area (Å²) in [5.41, 5.74) is 4.17. The third kappa shape index (κ3) is 9.16.